The summed E-state index contributed by atoms with van der Waals surface area (Å²) >= 11 is 1.48. The highest BCUT2D eigenvalue weighted by Gasteiger charge is 2.26. The lowest BCUT2D eigenvalue weighted by molar-refractivity contribution is -0.124. The van der Waals surface area contributed by atoms with Gasteiger partial charge in [0.25, 0.3) is 17.7 Å². The van der Waals surface area contributed by atoms with Gasteiger partial charge in [-0.1, -0.05) is 20.8 Å². The van der Waals surface area contributed by atoms with Gasteiger partial charge in [-0.05, 0) is 54.9 Å². The Morgan fingerprint density at radius 1 is 1.21 bits per heavy atom. The second-order valence-electron chi connectivity index (χ2n) is 7.52. The van der Waals surface area contributed by atoms with Crippen molar-refractivity contribution in [2.45, 2.75) is 46.1 Å². The van der Waals surface area contributed by atoms with Gasteiger partial charge < -0.3 is 9.73 Å². The van der Waals surface area contributed by atoms with E-state index in [2.05, 4.69) is 23.1 Å². The molecule has 7 nitrogen and oxygen atoms in total. The van der Waals surface area contributed by atoms with E-state index in [1.54, 1.807) is 6.07 Å². The maximum absolute atomic E-state index is 12.5. The highest BCUT2D eigenvalue weighted by atomic mass is 32.1. The normalized spacial score (nSPS) is 16.9. The third-order valence-corrected chi connectivity index (χ3v) is 6.07. The number of carbonyl (C=O) groups is 3. The van der Waals surface area contributed by atoms with Crippen molar-refractivity contribution in [1.29, 1.82) is 0 Å². The molecule has 28 heavy (non-hydrogen) atoms. The van der Waals surface area contributed by atoms with E-state index in [-0.39, 0.29) is 17.6 Å². The smallest absolute Gasteiger partial charge is 0.287 e. The molecule has 1 aliphatic rings. The summed E-state index contributed by atoms with van der Waals surface area (Å²) in [6, 6.07) is 4.22. The molecule has 2 heterocycles. The Balaban J connectivity index is 1.58. The zero-order valence-corrected chi connectivity index (χ0v) is 17.0. The van der Waals surface area contributed by atoms with Crippen LogP contribution in [0.1, 0.15) is 57.9 Å². The number of aryl methyl sites for hydroxylation is 1. The van der Waals surface area contributed by atoms with Crippen LogP contribution in [0, 0.1) is 11.8 Å². The number of carbonyl (C=O) groups excluding carboxylic acids is 3. The molecule has 0 spiro atoms. The van der Waals surface area contributed by atoms with Crippen molar-refractivity contribution in [1.82, 2.24) is 16.2 Å². The first-order valence-corrected chi connectivity index (χ1v) is 10.2. The molecule has 3 rings (SSSR count). The molecule has 0 saturated carbocycles. The topological polar surface area (TPSA) is 100 Å². The van der Waals surface area contributed by atoms with Crippen LogP contribution in [0.4, 0.5) is 0 Å². The molecule has 8 heteroatoms. The van der Waals surface area contributed by atoms with Crippen molar-refractivity contribution in [3.63, 3.8) is 0 Å². The summed E-state index contributed by atoms with van der Waals surface area (Å²) in [7, 11) is 0. The lowest BCUT2D eigenvalue weighted by Crippen LogP contribution is -2.54. The van der Waals surface area contributed by atoms with Crippen molar-refractivity contribution in [3.8, 4) is 0 Å². The summed E-state index contributed by atoms with van der Waals surface area (Å²) in [6.07, 6.45) is 4.51. The molecule has 0 aliphatic heterocycles. The Hall–Kier alpha value is -2.61. The van der Waals surface area contributed by atoms with Gasteiger partial charge in [-0.2, -0.15) is 0 Å². The highest BCUT2D eigenvalue weighted by Crippen LogP contribution is 2.32. The van der Waals surface area contributed by atoms with Gasteiger partial charge in [-0.15, -0.1) is 11.3 Å². The average molecular weight is 404 g/mol. The molecule has 1 aliphatic carbocycles. The van der Waals surface area contributed by atoms with Crippen molar-refractivity contribution in [3.05, 3.63) is 45.5 Å². The van der Waals surface area contributed by atoms with Crippen LogP contribution in [0.3, 0.4) is 0 Å². The predicted octanol–water partition coefficient (Wildman–Crippen LogP) is 2.68. The van der Waals surface area contributed by atoms with E-state index in [9.17, 15) is 14.4 Å². The second-order valence-corrected chi connectivity index (χ2v) is 8.66. The van der Waals surface area contributed by atoms with Crippen molar-refractivity contribution >= 4 is 29.1 Å². The number of furan rings is 1. The van der Waals surface area contributed by atoms with Gasteiger partial charge in [0, 0.05) is 4.88 Å². The number of hydrogen-bond acceptors (Lipinski definition) is 5. The Morgan fingerprint density at radius 2 is 2.00 bits per heavy atom. The molecule has 0 saturated heterocycles. The SMILES string of the molecule is CC(C)[C@H](NC(=O)c1ccco1)C(=O)NNC(=O)c1cc2c(s1)CC[C@H](C)C2. The molecule has 2 aromatic rings. The van der Waals surface area contributed by atoms with E-state index >= 15 is 0 Å². The highest BCUT2D eigenvalue weighted by molar-refractivity contribution is 7.14. The van der Waals surface area contributed by atoms with Crippen LogP contribution in [0.5, 0.6) is 0 Å². The van der Waals surface area contributed by atoms with E-state index < -0.39 is 17.9 Å². The van der Waals surface area contributed by atoms with Crippen molar-refractivity contribution < 1.29 is 18.8 Å². The Labute approximate surface area is 167 Å². The van der Waals surface area contributed by atoms with Crippen LogP contribution in [0.15, 0.2) is 28.9 Å². The molecule has 2 aromatic heterocycles. The Morgan fingerprint density at radius 3 is 2.68 bits per heavy atom. The van der Waals surface area contributed by atoms with Crippen LogP contribution in [0.25, 0.3) is 0 Å². The first-order valence-electron chi connectivity index (χ1n) is 9.41. The molecule has 0 aromatic carbocycles. The van der Waals surface area contributed by atoms with E-state index in [4.69, 9.17) is 4.42 Å². The Bertz CT molecular complexity index is 857. The minimum atomic E-state index is -0.810. The molecule has 2 atom stereocenters. The van der Waals surface area contributed by atoms with Crippen LogP contribution >= 0.6 is 11.3 Å². The second kappa shape index (κ2) is 8.60. The summed E-state index contributed by atoms with van der Waals surface area (Å²) in [5.74, 6) is -0.738. The van der Waals surface area contributed by atoms with Crippen LogP contribution in [0.2, 0.25) is 0 Å². The average Bonchev–Trinajstić information content (AvgIpc) is 3.32. The van der Waals surface area contributed by atoms with Crippen molar-refractivity contribution in [2.24, 2.45) is 11.8 Å². The summed E-state index contributed by atoms with van der Waals surface area (Å²) in [4.78, 5) is 38.9. The lowest BCUT2D eigenvalue weighted by atomic mass is 9.90. The predicted molar refractivity (Wildman–Crippen MR) is 106 cm³/mol. The quantitative estimate of drug-likeness (QED) is 0.668. The number of nitrogens with one attached hydrogen (secondary N) is 3. The number of amides is 3. The first-order chi connectivity index (χ1) is 13.3. The number of fused-ring (bicyclic) bond motifs is 1. The minimum Gasteiger partial charge on any atom is -0.459 e. The van der Waals surface area contributed by atoms with Gasteiger partial charge in [0.15, 0.2) is 5.76 Å². The first kappa shape index (κ1) is 20.1. The summed E-state index contributed by atoms with van der Waals surface area (Å²) in [5.41, 5.74) is 6.11. The number of hydrogen-bond donors (Lipinski definition) is 3. The zero-order valence-electron chi connectivity index (χ0n) is 16.2. The van der Waals surface area contributed by atoms with Crippen LogP contribution in [-0.2, 0) is 17.6 Å². The third-order valence-electron chi connectivity index (χ3n) is 4.83. The molecular weight excluding hydrogens is 378 g/mol. The Kier molecular flexibility index (Phi) is 6.18. The summed E-state index contributed by atoms with van der Waals surface area (Å²) < 4.78 is 5.05. The zero-order chi connectivity index (χ0) is 20.3. The monoisotopic (exact) mass is 403 g/mol. The molecule has 0 bridgehead atoms. The molecule has 0 fully saturated rings. The molecule has 150 valence electrons. The number of rotatable bonds is 5. The van der Waals surface area contributed by atoms with Gasteiger partial charge in [0.1, 0.15) is 6.04 Å². The largest absolute Gasteiger partial charge is 0.459 e. The fourth-order valence-corrected chi connectivity index (χ4v) is 4.33. The number of hydrazine groups is 1. The van der Waals surface area contributed by atoms with Crippen molar-refractivity contribution in [2.75, 3.05) is 0 Å². The fourth-order valence-electron chi connectivity index (χ4n) is 3.23. The lowest BCUT2D eigenvalue weighted by Gasteiger charge is -2.21. The van der Waals surface area contributed by atoms with E-state index in [1.165, 1.54) is 34.1 Å². The number of thiophene rings is 1. The standard InChI is InChI=1S/C20H25N3O4S/c1-11(2)17(21-18(24)14-5-4-8-27-14)20(26)23-22-19(25)16-10-13-9-12(3)6-7-15(13)28-16/h4-5,8,10-12,17H,6-7,9H2,1-3H3,(H,21,24)(H,22,25)(H,23,26)/t12-,17-/m0/s1. The van der Waals surface area contributed by atoms with Gasteiger partial charge in [-0.3, -0.25) is 25.2 Å². The molecule has 0 radical (unpaired) electrons. The van der Waals surface area contributed by atoms with Crippen LogP contribution in [-0.4, -0.2) is 23.8 Å². The van der Waals surface area contributed by atoms with Gasteiger partial charge in [0.05, 0.1) is 11.1 Å². The van der Waals surface area contributed by atoms with Crippen LogP contribution < -0.4 is 16.2 Å². The van der Waals surface area contributed by atoms with E-state index in [1.807, 2.05) is 19.9 Å². The third kappa shape index (κ3) is 4.62. The maximum atomic E-state index is 12.5. The molecule has 0 unspecified atom stereocenters. The van der Waals surface area contributed by atoms with Gasteiger partial charge in [0.2, 0.25) is 0 Å². The van der Waals surface area contributed by atoms with Gasteiger partial charge in [-0.25, -0.2) is 0 Å². The minimum absolute atomic E-state index is 0.126. The summed E-state index contributed by atoms with van der Waals surface area (Å²) in [5, 5.41) is 2.63. The summed E-state index contributed by atoms with van der Waals surface area (Å²) in [6.45, 7) is 5.83. The van der Waals surface area contributed by atoms with E-state index in [0.717, 1.165) is 19.3 Å². The fraction of sp³-hybridized carbons (Fsp3) is 0.450. The molecule has 3 N–H and O–H groups in total. The van der Waals surface area contributed by atoms with Gasteiger partial charge >= 0.3 is 0 Å². The maximum Gasteiger partial charge on any atom is 0.287 e. The molecule has 3 amide bonds. The molecular formula is C20H25N3O4S. The van der Waals surface area contributed by atoms with E-state index in [0.29, 0.717) is 10.8 Å².